The topological polar surface area (TPSA) is 85.6 Å². The zero-order chi connectivity index (χ0) is 21.9. The minimum absolute atomic E-state index is 0.220. The van der Waals surface area contributed by atoms with Crippen LogP contribution in [-0.4, -0.2) is 35.4 Å². The first-order chi connectivity index (χ1) is 14.1. The lowest BCUT2D eigenvalue weighted by molar-refractivity contribution is 0.0899. The smallest absolute Gasteiger partial charge is 0.409 e. The van der Waals surface area contributed by atoms with Gasteiger partial charge in [-0.25, -0.2) is 18.6 Å². The molecule has 1 aromatic carbocycles. The van der Waals surface area contributed by atoms with Gasteiger partial charge in [-0.15, -0.1) is 0 Å². The first-order valence-corrected chi connectivity index (χ1v) is 13.0. The highest BCUT2D eigenvalue weighted by atomic mass is 28.3. The number of aromatic nitrogens is 2. The molecule has 0 unspecified atom stereocenters. The molecule has 2 heterocycles. The highest BCUT2D eigenvalue weighted by molar-refractivity contribution is 6.76. The summed E-state index contributed by atoms with van der Waals surface area (Å²) in [6.07, 6.45) is 1.82. The van der Waals surface area contributed by atoms with Gasteiger partial charge in [-0.1, -0.05) is 19.6 Å². The third kappa shape index (κ3) is 5.33. The molecule has 30 heavy (non-hydrogen) atoms. The minimum atomic E-state index is -1.42. The summed E-state index contributed by atoms with van der Waals surface area (Å²) in [5, 5.41) is 11.2. The van der Waals surface area contributed by atoms with Crippen LogP contribution in [-0.2, 0) is 11.5 Å². The van der Waals surface area contributed by atoms with E-state index < -0.39 is 31.6 Å². The molecule has 0 saturated heterocycles. The first kappa shape index (κ1) is 21.7. The molecule has 0 aliphatic heterocycles. The minimum Gasteiger partial charge on any atom is -0.465 e. The van der Waals surface area contributed by atoms with Crippen LogP contribution in [0.2, 0.25) is 25.7 Å². The number of pyridine rings is 1. The van der Waals surface area contributed by atoms with Gasteiger partial charge in [-0.3, -0.25) is 5.32 Å². The fourth-order valence-electron chi connectivity index (χ4n) is 2.76. The van der Waals surface area contributed by atoms with Gasteiger partial charge in [0.25, 0.3) is 0 Å². The number of ether oxygens (including phenoxy) is 2. The summed E-state index contributed by atoms with van der Waals surface area (Å²) in [6, 6.07) is 5.97. The maximum absolute atomic E-state index is 14.3. The van der Waals surface area contributed by atoms with E-state index in [1.807, 2.05) is 5.32 Å². The van der Waals surface area contributed by atoms with Gasteiger partial charge in [0.2, 0.25) is 0 Å². The Labute approximate surface area is 173 Å². The molecule has 0 bridgehead atoms. The van der Waals surface area contributed by atoms with Gasteiger partial charge in [-0.2, -0.15) is 0 Å². The van der Waals surface area contributed by atoms with Crippen LogP contribution in [0.3, 0.4) is 0 Å². The van der Waals surface area contributed by atoms with Crippen LogP contribution in [0.1, 0.15) is 0 Å². The van der Waals surface area contributed by atoms with Gasteiger partial charge in [0, 0.05) is 39.2 Å². The average Bonchev–Trinajstić information content (AvgIpc) is 3.04. The van der Waals surface area contributed by atoms with Gasteiger partial charge < -0.3 is 19.1 Å². The number of amides is 1. The molecule has 10 heteroatoms. The van der Waals surface area contributed by atoms with E-state index in [1.54, 1.807) is 16.8 Å². The van der Waals surface area contributed by atoms with Crippen molar-refractivity contribution < 1.29 is 28.2 Å². The summed E-state index contributed by atoms with van der Waals surface area (Å²) >= 11 is 0. The summed E-state index contributed by atoms with van der Waals surface area (Å²) in [4.78, 5) is 15.0. The molecule has 3 rings (SSSR count). The van der Waals surface area contributed by atoms with E-state index in [1.165, 1.54) is 12.3 Å². The third-order valence-corrected chi connectivity index (χ3v) is 6.01. The predicted molar refractivity (Wildman–Crippen MR) is 112 cm³/mol. The number of rotatable bonds is 8. The molecule has 3 aromatic rings. The van der Waals surface area contributed by atoms with Gasteiger partial charge >= 0.3 is 6.09 Å². The van der Waals surface area contributed by atoms with Crippen molar-refractivity contribution in [3.05, 3.63) is 48.3 Å². The summed E-state index contributed by atoms with van der Waals surface area (Å²) in [5.74, 6) is -2.47. The molecule has 0 spiro atoms. The van der Waals surface area contributed by atoms with Crippen LogP contribution in [0.15, 0.2) is 36.7 Å². The molecule has 160 valence electrons. The third-order valence-electron chi connectivity index (χ3n) is 4.31. The van der Waals surface area contributed by atoms with Crippen molar-refractivity contribution >= 4 is 30.9 Å². The van der Waals surface area contributed by atoms with Crippen molar-refractivity contribution in [3.63, 3.8) is 0 Å². The Hall–Kier alpha value is -2.98. The maximum atomic E-state index is 14.3. The number of hydrogen-bond donors (Lipinski definition) is 2. The molecule has 0 aliphatic carbocycles. The highest BCUT2D eigenvalue weighted by Gasteiger charge is 2.17. The molecule has 2 N–H and O–H groups in total. The highest BCUT2D eigenvalue weighted by Crippen LogP contribution is 2.34. The Kier molecular flexibility index (Phi) is 6.37. The lowest BCUT2D eigenvalue weighted by atomic mass is 10.2. The number of carboxylic acid groups (broad SMARTS) is 1. The number of nitrogens with zero attached hydrogens (tertiary/aromatic N) is 2. The fourth-order valence-corrected chi connectivity index (χ4v) is 3.52. The molecular weight excluding hydrogens is 412 g/mol. The monoisotopic (exact) mass is 435 g/mol. The number of fused-ring (bicyclic) bond motifs is 1. The van der Waals surface area contributed by atoms with Crippen LogP contribution >= 0.6 is 0 Å². The Morgan fingerprint density at radius 2 is 1.93 bits per heavy atom. The molecule has 0 aliphatic rings. The number of benzene rings is 1. The number of hydrogen-bond acceptors (Lipinski definition) is 4. The number of nitrogens with one attached hydrogen (secondary N) is 1. The molecule has 0 atom stereocenters. The zero-order valence-electron chi connectivity index (χ0n) is 16.9. The van der Waals surface area contributed by atoms with E-state index in [2.05, 4.69) is 24.6 Å². The quantitative estimate of drug-likeness (QED) is 0.360. The lowest BCUT2D eigenvalue weighted by Crippen LogP contribution is -2.22. The van der Waals surface area contributed by atoms with Gasteiger partial charge in [-0.05, 0) is 18.2 Å². The van der Waals surface area contributed by atoms with Crippen molar-refractivity contribution in [3.8, 4) is 11.5 Å². The lowest BCUT2D eigenvalue weighted by Gasteiger charge is -2.15. The second kappa shape index (κ2) is 8.80. The summed E-state index contributed by atoms with van der Waals surface area (Å²) in [7, 11) is -1.19. The van der Waals surface area contributed by atoms with Crippen LogP contribution in [0.5, 0.6) is 11.5 Å². The van der Waals surface area contributed by atoms with Gasteiger partial charge in [0.1, 0.15) is 18.1 Å². The van der Waals surface area contributed by atoms with Gasteiger partial charge in [0.05, 0.1) is 11.1 Å². The van der Waals surface area contributed by atoms with Crippen molar-refractivity contribution in [1.29, 1.82) is 0 Å². The van der Waals surface area contributed by atoms with E-state index in [4.69, 9.17) is 14.6 Å². The summed E-state index contributed by atoms with van der Waals surface area (Å²) in [6.45, 7) is 7.78. The summed E-state index contributed by atoms with van der Waals surface area (Å²) < 4.78 is 41.7. The number of halogens is 2. The van der Waals surface area contributed by atoms with Crippen LogP contribution in [0.4, 0.5) is 19.3 Å². The Balaban J connectivity index is 1.79. The number of anilines is 1. The van der Waals surface area contributed by atoms with Crippen LogP contribution in [0.25, 0.3) is 11.0 Å². The Morgan fingerprint density at radius 1 is 1.23 bits per heavy atom. The fraction of sp³-hybridized carbons (Fsp3) is 0.300. The SMILES string of the molecule is C[Si](C)(C)CCOCn1ccc2c(Oc3c(F)cc(NC(=O)O)cc3F)ccnc21. The van der Waals surface area contributed by atoms with E-state index in [0.717, 1.165) is 18.2 Å². The molecule has 2 aromatic heterocycles. The predicted octanol–water partition coefficient (Wildman–Crippen LogP) is 5.51. The molecule has 0 fully saturated rings. The second-order valence-corrected chi connectivity index (χ2v) is 13.6. The van der Waals surface area contributed by atoms with E-state index in [0.29, 0.717) is 24.4 Å². The Morgan fingerprint density at radius 3 is 2.57 bits per heavy atom. The number of carbonyl (C=O) groups is 1. The Bertz CT molecular complexity index is 1040. The van der Waals surface area contributed by atoms with Crippen LogP contribution in [0, 0.1) is 11.6 Å². The molecular formula is C20H23F2N3O4Si. The molecule has 1 amide bonds. The molecule has 7 nitrogen and oxygen atoms in total. The standard InChI is InChI=1S/C20H23F2N3O4Si/c1-30(2,3)9-8-28-12-25-7-5-14-17(4-6-23-19(14)25)29-18-15(21)10-13(11-16(18)22)24-20(26)27/h4-7,10-11,24H,8-9,12H2,1-3H3,(H,26,27). The zero-order valence-corrected chi connectivity index (χ0v) is 17.9. The molecule has 0 saturated carbocycles. The van der Waals surface area contributed by atoms with E-state index in [-0.39, 0.29) is 11.4 Å². The van der Waals surface area contributed by atoms with Crippen molar-refractivity contribution in [2.24, 2.45) is 0 Å². The normalized spacial score (nSPS) is 11.6. The van der Waals surface area contributed by atoms with Gasteiger partial charge in [0.15, 0.2) is 17.4 Å². The molecule has 0 radical (unpaired) electrons. The average molecular weight is 436 g/mol. The van der Waals surface area contributed by atoms with Crippen molar-refractivity contribution in [1.82, 2.24) is 9.55 Å². The van der Waals surface area contributed by atoms with E-state index in [9.17, 15) is 13.6 Å². The van der Waals surface area contributed by atoms with Crippen molar-refractivity contribution in [2.75, 3.05) is 11.9 Å². The second-order valence-electron chi connectivity index (χ2n) is 7.98. The first-order valence-electron chi connectivity index (χ1n) is 9.32. The largest absolute Gasteiger partial charge is 0.465 e. The maximum Gasteiger partial charge on any atom is 0.409 e. The van der Waals surface area contributed by atoms with Crippen LogP contribution < -0.4 is 10.1 Å². The van der Waals surface area contributed by atoms with E-state index >= 15 is 0 Å². The summed E-state index contributed by atoms with van der Waals surface area (Å²) in [5.41, 5.74) is 0.330. The van der Waals surface area contributed by atoms with Crippen molar-refractivity contribution in [2.45, 2.75) is 32.4 Å².